The van der Waals surface area contributed by atoms with Crippen LogP contribution in [0.15, 0.2) is 66.7 Å². The van der Waals surface area contributed by atoms with Crippen molar-refractivity contribution >= 4 is 29.2 Å². The molecule has 3 aromatic rings. The summed E-state index contributed by atoms with van der Waals surface area (Å²) in [7, 11) is 0. The zero-order chi connectivity index (χ0) is 24.5. The highest BCUT2D eigenvalue weighted by Crippen LogP contribution is 2.29. The van der Waals surface area contributed by atoms with Crippen LogP contribution in [-0.4, -0.2) is 24.4 Å². The summed E-state index contributed by atoms with van der Waals surface area (Å²) < 4.78 is 23.7. The summed E-state index contributed by atoms with van der Waals surface area (Å²) in [5.74, 6) is -0.600. The molecule has 0 spiro atoms. The topological polar surface area (TPSA) is 93.7 Å². The van der Waals surface area contributed by atoms with Crippen LogP contribution in [0.3, 0.4) is 0 Å². The summed E-state index contributed by atoms with van der Waals surface area (Å²) in [6.45, 7) is 3.44. The van der Waals surface area contributed by atoms with E-state index in [4.69, 9.17) is 9.47 Å². The van der Waals surface area contributed by atoms with Crippen molar-refractivity contribution in [3.63, 3.8) is 0 Å². The first-order valence-corrected chi connectivity index (χ1v) is 10.6. The number of para-hydroxylation sites is 1. The summed E-state index contributed by atoms with van der Waals surface area (Å²) in [5, 5.41) is 5.18. The van der Waals surface area contributed by atoms with Gasteiger partial charge in [-0.05, 0) is 73.5 Å². The van der Waals surface area contributed by atoms with E-state index in [1.807, 2.05) is 32.0 Å². The number of carbonyl (C=O) groups excluding carboxylic acids is 3. The van der Waals surface area contributed by atoms with Gasteiger partial charge in [-0.2, -0.15) is 0 Å². The predicted molar refractivity (Wildman–Crippen MR) is 126 cm³/mol. The van der Waals surface area contributed by atoms with Crippen LogP contribution >= 0.6 is 0 Å². The summed E-state index contributed by atoms with van der Waals surface area (Å²) in [6.07, 6.45) is -0.275. The van der Waals surface area contributed by atoms with Crippen LogP contribution in [0.4, 0.5) is 15.8 Å². The van der Waals surface area contributed by atoms with E-state index >= 15 is 0 Å². The zero-order valence-corrected chi connectivity index (χ0v) is 18.9. The monoisotopic (exact) mass is 464 g/mol. The number of esters is 1. The summed E-state index contributed by atoms with van der Waals surface area (Å²) in [4.78, 5) is 35.7. The minimum absolute atomic E-state index is 0.0981. The van der Waals surface area contributed by atoms with Crippen molar-refractivity contribution in [2.75, 3.05) is 17.2 Å². The maximum absolute atomic E-state index is 12.9. The Kier molecular flexibility index (Phi) is 8.34. The number of carbonyl (C=O) groups is 3. The van der Waals surface area contributed by atoms with E-state index in [1.54, 1.807) is 24.3 Å². The normalized spacial score (nSPS) is 10.3. The standard InChI is InChI=1S/C26H25FN2O5/c1-17-4-3-5-18(2)26(17)34-22-12-10-21(11-13-22)28-23(30)14-15-25(32)33-16-24(31)29-20-8-6-19(27)7-9-20/h3-13H,14-16H2,1-2H3,(H,28,30)(H,29,31). The van der Waals surface area contributed by atoms with E-state index in [9.17, 15) is 18.8 Å². The Hall–Kier alpha value is -4.20. The smallest absolute Gasteiger partial charge is 0.306 e. The first-order chi connectivity index (χ1) is 16.3. The first kappa shape index (κ1) is 24.4. The van der Waals surface area contributed by atoms with Gasteiger partial charge < -0.3 is 20.1 Å². The molecule has 0 fully saturated rings. The molecule has 0 aliphatic rings. The Morgan fingerprint density at radius 3 is 1.94 bits per heavy atom. The van der Waals surface area contributed by atoms with Gasteiger partial charge in [-0.3, -0.25) is 14.4 Å². The fraction of sp³-hybridized carbons (Fsp3) is 0.192. The van der Waals surface area contributed by atoms with Gasteiger partial charge >= 0.3 is 5.97 Å². The van der Waals surface area contributed by atoms with E-state index in [0.717, 1.165) is 16.9 Å². The van der Waals surface area contributed by atoms with Gasteiger partial charge in [-0.1, -0.05) is 18.2 Å². The van der Waals surface area contributed by atoms with Gasteiger partial charge in [0.25, 0.3) is 5.91 Å². The summed E-state index contributed by atoms with van der Waals surface area (Å²) >= 11 is 0. The second kappa shape index (κ2) is 11.6. The van der Waals surface area contributed by atoms with Gasteiger partial charge in [0.1, 0.15) is 17.3 Å². The molecule has 0 aromatic heterocycles. The molecule has 0 saturated carbocycles. The molecule has 2 amide bonds. The predicted octanol–water partition coefficient (Wildman–Crippen LogP) is 5.14. The third kappa shape index (κ3) is 7.44. The average Bonchev–Trinajstić information content (AvgIpc) is 2.81. The summed E-state index contributed by atoms with van der Waals surface area (Å²) in [6, 6.07) is 18.0. The van der Waals surface area contributed by atoms with Gasteiger partial charge in [0.05, 0.1) is 6.42 Å². The van der Waals surface area contributed by atoms with Gasteiger partial charge in [0.15, 0.2) is 6.61 Å². The Balaban J connectivity index is 1.39. The van der Waals surface area contributed by atoms with Crippen LogP contribution in [0.1, 0.15) is 24.0 Å². The van der Waals surface area contributed by atoms with Gasteiger partial charge in [0.2, 0.25) is 5.91 Å². The molecule has 34 heavy (non-hydrogen) atoms. The van der Waals surface area contributed by atoms with Gasteiger partial charge in [-0.15, -0.1) is 0 Å². The number of hydrogen-bond acceptors (Lipinski definition) is 5. The number of benzene rings is 3. The van der Waals surface area contributed by atoms with Crippen LogP contribution in [0, 0.1) is 19.7 Å². The number of nitrogens with one attached hydrogen (secondary N) is 2. The molecule has 176 valence electrons. The molecular formula is C26H25FN2O5. The van der Waals surface area contributed by atoms with Crippen LogP contribution in [0.5, 0.6) is 11.5 Å². The molecule has 3 rings (SSSR count). The molecule has 0 bridgehead atoms. The SMILES string of the molecule is Cc1cccc(C)c1Oc1ccc(NC(=O)CCC(=O)OCC(=O)Nc2ccc(F)cc2)cc1. The van der Waals surface area contributed by atoms with Crippen molar-refractivity contribution in [1.82, 2.24) is 0 Å². The number of amides is 2. The van der Waals surface area contributed by atoms with Crippen LogP contribution in [0.25, 0.3) is 0 Å². The largest absolute Gasteiger partial charge is 0.457 e. The Labute approximate surface area is 196 Å². The van der Waals surface area contributed by atoms with Crippen molar-refractivity contribution < 1.29 is 28.2 Å². The Morgan fingerprint density at radius 2 is 1.32 bits per heavy atom. The fourth-order valence-corrected chi connectivity index (χ4v) is 3.07. The van der Waals surface area contributed by atoms with Gasteiger partial charge in [0, 0.05) is 17.8 Å². The molecule has 3 aromatic carbocycles. The van der Waals surface area contributed by atoms with Gasteiger partial charge in [-0.25, -0.2) is 4.39 Å². The molecular weight excluding hydrogens is 439 g/mol. The van der Waals surface area contributed by atoms with Crippen LogP contribution in [0.2, 0.25) is 0 Å². The van der Waals surface area contributed by atoms with E-state index in [1.165, 1.54) is 24.3 Å². The molecule has 7 nitrogen and oxygen atoms in total. The second-order valence-electron chi connectivity index (χ2n) is 7.61. The lowest BCUT2D eigenvalue weighted by Crippen LogP contribution is -2.21. The lowest BCUT2D eigenvalue weighted by Gasteiger charge is -2.12. The highest BCUT2D eigenvalue weighted by atomic mass is 19.1. The van der Waals surface area contributed by atoms with Crippen molar-refractivity contribution in [2.24, 2.45) is 0 Å². The van der Waals surface area contributed by atoms with Crippen molar-refractivity contribution in [2.45, 2.75) is 26.7 Å². The van der Waals surface area contributed by atoms with Crippen LogP contribution < -0.4 is 15.4 Å². The Morgan fingerprint density at radius 1 is 0.765 bits per heavy atom. The lowest BCUT2D eigenvalue weighted by molar-refractivity contribution is -0.147. The first-order valence-electron chi connectivity index (χ1n) is 10.6. The number of hydrogen-bond donors (Lipinski definition) is 2. The molecule has 0 atom stereocenters. The van der Waals surface area contributed by atoms with Crippen molar-refractivity contribution in [3.05, 3.63) is 83.7 Å². The maximum Gasteiger partial charge on any atom is 0.306 e. The molecule has 0 radical (unpaired) electrons. The van der Waals surface area contributed by atoms with Crippen molar-refractivity contribution in [1.29, 1.82) is 0 Å². The maximum atomic E-state index is 12.9. The molecule has 0 aliphatic heterocycles. The molecule has 0 unspecified atom stereocenters. The average molecular weight is 464 g/mol. The lowest BCUT2D eigenvalue weighted by atomic mass is 10.1. The molecule has 8 heteroatoms. The second-order valence-corrected chi connectivity index (χ2v) is 7.61. The number of rotatable bonds is 9. The number of ether oxygens (including phenoxy) is 2. The molecule has 2 N–H and O–H groups in total. The fourth-order valence-electron chi connectivity index (χ4n) is 3.07. The number of aryl methyl sites for hydroxylation is 2. The number of anilines is 2. The summed E-state index contributed by atoms with van der Waals surface area (Å²) in [5.41, 5.74) is 2.99. The van der Waals surface area contributed by atoms with Crippen LogP contribution in [-0.2, 0) is 19.1 Å². The molecule has 0 aliphatic carbocycles. The Bertz CT molecular complexity index is 1140. The quantitative estimate of drug-likeness (QED) is 0.428. The molecule has 0 saturated heterocycles. The highest BCUT2D eigenvalue weighted by Gasteiger charge is 2.12. The number of halogens is 1. The third-order valence-electron chi connectivity index (χ3n) is 4.82. The third-order valence-corrected chi connectivity index (χ3v) is 4.82. The minimum atomic E-state index is -0.679. The zero-order valence-electron chi connectivity index (χ0n) is 18.9. The van der Waals surface area contributed by atoms with E-state index in [0.29, 0.717) is 17.1 Å². The molecule has 0 heterocycles. The van der Waals surface area contributed by atoms with E-state index in [2.05, 4.69) is 10.6 Å². The van der Waals surface area contributed by atoms with E-state index in [-0.39, 0.29) is 18.7 Å². The highest BCUT2D eigenvalue weighted by molar-refractivity contribution is 5.94. The van der Waals surface area contributed by atoms with E-state index < -0.39 is 24.3 Å². The van der Waals surface area contributed by atoms with Crippen molar-refractivity contribution in [3.8, 4) is 11.5 Å². The minimum Gasteiger partial charge on any atom is -0.457 e.